The molecule has 0 saturated heterocycles. The molecule has 0 aromatic carbocycles. The number of ether oxygens (including phenoxy) is 6. The van der Waals surface area contributed by atoms with Crippen LogP contribution in [0.3, 0.4) is 0 Å². The number of carbonyl (C=O) groups is 2. The van der Waals surface area contributed by atoms with Gasteiger partial charge in [-0.2, -0.15) is 0 Å². The van der Waals surface area contributed by atoms with E-state index in [9.17, 15) is 9.59 Å². The molecule has 0 atom stereocenters. The highest BCUT2D eigenvalue weighted by Crippen LogP contribution is 2.41. The second kappa shape index (κ2) is 34.1. The number of rotatable bonds is 33. The van der Waals surface area contributed by atoms with Gasteiger partial charge in [-0.15, -0.1) is 0 Å². The number of hydrogen-bond acceptors (Lipinski definition) is 10. The van der Waals surface area contributed by atoms with Gasteiger partial charge in [0.05, 0.1) is 78.2 Å². The van der Waals surface area contributed by atoms with E-state index in [4.69, 9.17) is 28.4 Å². The van der Waals surface area contributed by atoms with Gasteiger partial charge in [-0.05, 0) is 140 Å². The van der Waals surface area contributed by atoms with Gasteiger partial charge in [0.25, 0.3) is 0 Å². The van der Waals surface area contributed by atoms with Crippen molar-refractivity contribution in [1.29, 1.82) is 0 Å². The summed E-state index contributed by atoms with van der Waals surface area (Å²) in [6.07, 6.45) is 33.9. The second-order valence-corrected chi connectivity index (χ2v) is 20.0. The molecule has 68 heavy (non-hydrogen) atoms. The predicted octanol–water partition coefficient (Wildman–Crippen LogP) is 12.5. The van der Waals surface area contributed by atoms with Crippen molar-refractivity contribution < 1.29 is 38.0 Å². The summed E-state index contributed by atoms with van der Waals surface area (Å²) in [6, 6.07) is 0. The minimum Gasteiger partial charge on any atom is -0.500 e. The van der Waals surface area contributed by atoms with Gasteiger partial charge in [-0.3, -0.25) is 9.59 Å². The van der Waals surface area contributed by atoms with E-state index in [1.165, 1.54) is 72.0 Å². The summed E-state index contributed by atoms with van der Waals surface area (Å²) in [5.74, 6) is -0.506. The van der Waals surface area contributed by atoms with E-state index in [-0.39, 0.29) is 48.8 Å². The van der Waals surface area contributed by atoms with Crippen LogP contribution in [0.4, 0.5) is 0 Å². The highest BCUT2D eigenvalue weighted by molar-refractivity contribution is 5.69. The number of esters is 2. The van der Waals surface area contributed by atoms with Crippen LogP contribution >= 0.6 is 0 Å². The van der Waals surface area contributed by atoms with Crippen molar-refractivity contribution in [2.75, 3.05) is 93.1 Å². The van der Waals surface area contributed by atoms with Crippen molar-refractivity contribution in [3.05, 3.63) is 118 Å². The number of hydrogen-bond donors (Lipinski definition) is 0. The molecule has 0 aromatic heterocycles. The number of allylic oxidation sites excluding steroid dienone is 18. The summed E-state index contributed by atoms with van der Waals surface area (Å²) in [4.78, 5) is 28.6. The smallest absolute Gasteiger partial charge is 0.309 e. The molecular weight excluding hydrogens is 853 g/mol. The Bertz CT molecular complexity index is 1700. The first-order chi connectivity index (χ1) is 32.4. The average molecular weight is 945 g/mol. The first-order valence-corrected chi connectivity index (χ1v) is 25.3. The van der Waals surface area contributed by atoms with Gasteiger partial charge in [-0.25, -0.2) is 0 Å². The van der Waals surface area contributed by atoms with Gasteiger partial charge in [-0.1, -0.05) is 111 Å². The van der Waals surface area contributed by atoms with Gasteiger partial charge < -0.3 is 38.2 Å². The van der Waals surface area contributed by atoms with Gasteiger partial charge in [0.15, 0.2) is 0 Å². The van der Waals surface area contributed by atoms with E-state index < -0.39 is 0 Å². The van der Waals surface area contributed by atoms with E-state index in [1.807, 2.05) is 52.2 Å². The molecule has 0 N–H and O–H groups in total. The average Bonchev–Trinajstić information content (AvgIpc) is 3.27. The Morgan fingerprint density at radius 1 is 0.529 bits per heavy atom. The summed E-state index contributed by atoms with van der Waals surface area (Å²) in [6.45, 7) is 28.8. The van der Waals surface area contributed by atoms with Crippen molar-refractivity contribution in [2.24, 2.45) is 10.8 Å². The molecule has 10 heteroatoms. The Kier molecular flexibility index (Phi) is 30.1. The number of nitrogens with zero attached hydrogens (tertiary/aromatic N) is 2. The number of likely N-dealkylation sites (N-methyl/N-ethyl adjacent to an activating group) is 2. The fourth-order valence-electron chi connectivity index (χ4n) is 8.18. The van der Waals surface area contributed by atoms with E-state index >= 15 is 0 Å². The third-order valence-corrected chi connectivity index (χ3v) is 12.4. The molecule has 0 bridgehead atoms. The van der Waals surface area contributed by atoms with E-state index in [0.29, 0.717) is 39.6 Å². The van der Waals surface area contributed by atoms with Crippen molar-refractivity contribution in [3.8, 4) is 0 Å². The molecule has 0 unspecified atom stereocenters. The summed E-state index contributed by atoms with van der Waals surface area (Å²) in [5.41, 5.74) is 10.8. The Hall–Kier alpha value is -4.22. The molecule has 2 aliphatic rings. The molecule has 0 fully saturated rings. The Morgan fingerprint density at radius 2 is 0.926 bits per heavy atom. The zero-order valence-electron chi connectivity index (χ0n) is 44.6. The molecule has 382 valence electrons. The van der Waals surface area contributed by atoms with Crippen molar-refractivity contribution in [3.63, 3.8) is 0 Å². The molecule has 0 amide bonds. The first-order valence-electron chi connectivity index (χ1n) is 25.3. The maximum Gasteiger partial charge on any atom is 0.309 e. The molecule has 2 rings (SSSR count). The summed E-state index contributed by atoms with van der Waals surface area (Å²) in [7, 11) is 4.06. The lowest BCUT2D eigenvalue weighted by Crippen LogP contribution is -2.27. The second-order valence-electron chi connectivity index (χ2n) is 20.0. The summed E-state index contributed by atoms with van der Waals surface area (Å²) >= 11 is 0. The molecule has 0 aromatic rings. The standard InChI is InChI=1S/C58H92N2O8/c1-47(25-27-53-51(5)23-15-31-57(53,7)8)19-13-21-49(3)45-65-39-29-55(61)67-37-17-33-59(11)35-41-63-43-44-64-42-36-60(12)34-18-38-68-56(62)30-40-66-46-50(4)22-14-20-48(2)26-28-54-52(6)24-16-32-58(54,9)10/h13-14,19-22,25-28,45-46H,15-18,23-24,29-44H2,1-12H3/b21-13+,22-14+,27-25+,28-26+,47-19+,48-20+,49-45+,50-46+. The topological polar surface area (TPSA) is 96.0 Å². The molecule has 0 spiro atoms. The largest absolute Gasteiger partial charge is 0.500 e. The van der Waals surface area contributed by atoms with E-state index in [2.05, 4.69) is 102 Å². The highest BCUT2D eigenvalue weighted by atomic mass is 16.5. The normalized spacial score (nSPS) is 17.6. The highest BCUT2D eigenvalue weighted by Gasteiger charge is 2.27. The molecule has 0 saturated carbocycles. The molecule has 10 nitrogen and oxygen atoms in total. The minimum absolute atomic E-state index is 0.214. The van der Waals surface area contributed by atoms with Crippen molar-refractivity contribution in [1.82, 2.24) is 9.80 Å². The minimum atomic E-state index is -0.253. The zero-order valence-corrected chi connectivity index (χ0v) is 44.6. The van der Waals surface area contributed by atoms with Crippen LogP contribution in [0.2, 0.25) is 0 Å². The van der Waals surface area contributed by atoms with Crippen LogP contribution in [-0.4, -0.2) is 115 Å². The Labute approximate surface area is 413 Å². The van der Waals surface area contributed by atoms with Crippen LogP contribution in [0.25, 0.3) is 0 Å². The lowest BCUT2D eigenvalue weighted by atomic mass is 9.72. The monoisotopic (exact) mass is 945 g/mol. The Balaban J connectivity index is 1.41. The maximum atomic E-state index is 12.2. The summed E-state index contributed by atoms with van der Waals surface area (Å²) < 4.78 is 33.4. The van der Waals surface area contributed by atoms with Crippen LogP contribution in [0.1, 0.15) is 133 Å². The van der Waals surface area contributed by atoms with E-state index in [1.54, 1.807) is 12.5 Å². The summed E-state index contributed by atoms with van der Waals surface area (Å²) in [5, 5.41) is 0. The molecule has 0 heterocycles. The Morgan fingerprint density at radius 3 is 1.31 bits per heavy atom. The third kappa shape index (κ3) is 27.7. The SMILES string of the molecule is CC1=C(/C=C/C(C)=C/C=C/C(C)=C/OCCC(=O)OCCCN(C)CCOCCOCCN(C)CCCOC(=O)CCO/C=C(C)/C=C/C=C(C)/C=C/C2=C(C)CCCC2(C)C)C(C)(C)CCC1. The molecule has 0 radical (unpaired) electrons. The fourth-order valence-corrected chi connectivity index (χ4v) is 8.18. The zero-order chi connectivity index (χ0) is 50.2. The van der Waals surface area contributed by atoms with Gasteiger partial charge in [0, 0.05) is 26.2 Å². The van der Waals surface area contributed by atoms with E-state index in [0.717, 1.165) is 50.2 Å². The van der Waals surface area contributed by atoms with Crippen molar-refractivity contribution in [2.45, 2.75) is 133 Å². The fraction of sp³-hybridized carbons (Fsp3) is 0.621. The van der Waals surface area contributed by atoms with Crippen LogP contribution < -0.4 is 0 Å². The predicted molar refractivity (Wildman–Crippen MR) is 281 cm³/mol. The lowest BCUT2D eigenvalue weighted by molar-refractivity contribution is -0.145. The van der Waals surface area contributed by atoms with Crippen LogP contribution in [0.5, 0.6) is 0 Å². The van der Waals surface area contributed by atoms with Crippen LogP contribution in [0.15, 0.2) is 118 Å². The maximum absolute atomic E-state index is 12.2. The van der Waals surface area contributed by atoms with Gasteiger partial charge >= 0.3 is 11.9 Å². The molecule has 2 aliphatic carbocycles. The quantitative estimate of drug-likeness (QED) is 0.0274. The molecule has 0 aliphatic heterocycles. The lowest BCUT2D eigenvalue weighted by Gasteiger charge is -2.33. The van der Waals surface area contributed by atoms with Gasteiger partial charge in [0.1, 0.15) is 0 Å². The third-order valence-electron chi connectivity index (χ3n) is 12.4. The van der Waals surface area contributed by atoms with Crippen molar-refractivity contribution >= 4 is 11.9 Å². The van der Waals surface area contributed by atoms with Crippen LogP contribution in [0, 0.1) is 10.8 Å². The van der Waals surface area contributed by atoms with Crippen LogP contribution in [-0.2, 0) is 38.0 Å². The molecular formula is C58H92N2O8. The first kappa shape index (κ1) is 59.9. The van der Waals surface area contributed by atoms with Gasteiger partial charge in [0.2, 0.25) is 0 Å². The number of carbonyl (C=O) groups excluding carboxylic acids is 2.